The minimum absolute atomic E-state index is 0.0919. The van der Waals surface area contributed by atoms with Crippen molar-refractivity contribution < 1.29 is 14.3 Å². The summed E-state index contributed by atoms with van der Waals surface area (Å²) < 4.78 is 10.8. The number of hydrogen-bond donors (Lipinski definition) is 0. The lowest BCUT2D eigenvalue weighted by Crippen LogP contribution is -2.23. The molecule has 0 radical (unpaired) electrons. The average molecular weight is 368 g/mol. The Morgan fingerprint density at radius 1 is 1.08 bits per heavy atom. The number of aryl methyl sites for hydroxylation is 1. The van der Waals surface area contributed by atoms with E-state index in [0.29, 0.717) is 21.6 Å². The van der Waals surface area contributed by atoms with Gasteiger partial charge in [0, 0.05) is 12.6 Å². The Kier molecular flexibility index (Phi) is 5.32. The van der Waals surface area contributed by atoms with Crippen molar-refractivity contribution in [1.82, 2.24) is 4.90 Å². The zero-order chi connectivity index (χ0) is 18.7. The molecule has 0 aliphatic carbocycles. The van der Waals surface area contributed by atoms with Gasteiger partial charge < -0.3 is 9.47 Å². The molecule has 2 aromatic rings. The molecular weight excluding hydrogens is 348 g/mol. The summed E-state index contributed by atoms with van der Waals surface area (Å²) in [5.74, 6) is 1.13. The molecule has 1 heterocycles. The number of amidine groups is 1. The molecule has 26 heavy (non-hydrogen) atoms. The van der Waals surface area contributed by atoms with Crippen molar-refractivity contribution in [3.8, 4) is 11.5 Å². The van der Waals surface area contributed by atoms with Gasteiger partial charge in [-0.1, -0.05) is 29.8 Å². The quantitative estimate of drug-likeness (QED) is 0.757. The number of rotatable bonds is 4. The van der Waals surface area contributed by atoms with Crippen molar-refractivity contribution in [2.45, 2.75) is 6.92 Å². The van der Waals surface area contributed by atoms with Crippen molar-refractivity contribution in [2.24, 2.45) is 4.99 Å². The van der Waals surface area contributed by atoms with Crippen molar-refractivity contribution in [2.75, 3.05) is 21.3 Å². The second-order valence-corrected chi connectivity index (χ2v) is 6.80. The second kappa shape index (κ2) is 7.66. The minimum Gasteiger partial charge on any atom is -0.493 e. The monoisotopic (exact) mass is 368 g/mol. The molecule has 5 nitrogen and oxygen atoms in total. The number of likely N-dealkylation sites (N-methyl/N-ethyl adjacent to an activating group) is 1. The van der Waals surface area contributed by atoms with Gasteiger partial charge in [-0.3, -0.25) is 9.69 Å². The maximum atomic E-state index is 12.6. The number of benzene rings is 2. The van der Waals surface area contributed by atoms with Crippen LogP contribution in [0.4, 0.5) is 5.69 Å². The van der Waals surface area contributed by atoms with E-state index < -0.39 is 0 Å². The first-order chi connectivity index (χ1) is 12.5. The highest BCUT2D eigenvalue weighted by Gasteiger charge is 2.30. The molecule has 134 valence electrons. The largest absolute Gasteiger partial charge is 0.493 e. The van der Waals surface area contributed by atoms with Crippen LogP contribution in [0.5, 0.6) is 11.5 Å². The molecule has 0 saturated carbocycles. The molecule has 6 heteroatoms. The molecule has 0 bridgehead atoms. The molecule has 1 aliphatic heterocycles. The topological polar surface area (TPSA) is 51.1 Å². The SMILES string of the molecule is COc1cccc(/C=C2/SC(=Nc3ccc(C)cc3)N(C)C2=O)c1OC. The number of nitrogens with zero attached hydrogens (tertiary/aromatic N) is 2. The fraction of sp³-hybridized carbons (Fsp3) is 0.200. The van der Waals surface area contributed by atoms with Gasteiger partial charge in [-0.15, -0.1) is 0 Å². The van der Waals surface area contributed by atoms with E-state index in [2.05, 4.69) is 4.99 Å². The average Bonchev–Trinajstić information content (AvgIpc) is 2.91. The summed E-state index contributed by atoms with van der Waals surface area (Å²) in [6.07, 6.45) is 1.81. The molecule has 0 unspecified atom stereocenters. The van der Waals surface area contributed by atoms with Crippen molar-refractivity contribution in [1.29, 1.82) is 0 Å². The van der Waals surface area contributed by atoms with Gasteiger partial charge >= 0.3 is 0 Å². The Labute approximate surface area is 157 Å². The summed E-state index contributed by atoms with van der Waals surface area (Å²) in [7, 11) is 4.90. The number of amides is 1. The van der Waals surface area contributed by atoms with Crippen LogP contribution in [0.3, 0.4) is 0 Å². The summed E-state index contributed by atoms with van der Waals surface area (Å²) in [6.45, 7) is 2.03. The number of para-hydroxylation sites is 1. The fourth-order valence-electron chi connectivity index (χ4n) is 2.55. The normalized spacial score (nSPS) is 17.2. The third kappa shape index (κ3) is 3.60. The molecular formula is C20H20N2O3S. The second-order valence-electron chi connectivity index (χ2n) is 5.79. The van der Waals surface area contributed by atoms with E-state index in [9.17, 15) is 4.79 Å². The van der Waals surface area contributed by atoms with E-state index in [1.165, 1.54) is 17.3 Å². The van der Waals surface area contributed by atoms with Gasteiger partial charge in [0.05, 0.1) is 24.8 Å². The Hall–Kier alpha value is -2.73. The highest BCUT2D eigenvalue weighted by Crippen LogP contribution is 2.37. The third-order valence-corrected chi connectivity index (χ3v) is 5.04. The van der Waals surface area contributed by atoms with Crippen LogP contribution in [0, 0.1) is 6.92 Å². The van der Waals surface area contributed by atoms with Gasteiger partial charge in [-0.25, -0.2) is 4.99 Å². The molecule has 1 aliphatic rings. The fourth-order valence-corrected chi connectivity index (χ4v) is 3.53. The van der Waals surface area contributed by atoms with Crippen LogP contribution in [-0.4, -0.2) is 37.2 Å². The highest BCUT2D eigenvalue weighted by atomic mass is 32.2. The number of hydrogen-bond acceptors (Lipinski definition) is 5. The van der Waals surface area contributed by atoms with Crippen molar-refractivity contribution in [3.05, 3.63) is 58.5 Å². The minimum atomic E-state index is -0.0919. The molecule has 0 spiro atoms. The Bertz CT molecular complexity index is 888. The van der Waals surface area contributed by atoms with Crippen LogP contribution in [0.25, 0.3) is 6.08 Å². The number of carbonyl (C=O) groups is 1. The van der Waals surface area contributed by atoms with Crippen LogP contribution in [0.2, 0.25) is 0 Å². The third-order valence-electron chi connectivity index (χ3n) is 3.98. The van der Waals surface area contributed by atoms with Crippen LogP contribution in [-0.2, 0) is 4.79 Å². The van der Waals surface area contributed by atoms with E-state index in [0.717, 1.165) is 11.3 Å². The molecule has 2 aromatic carbocycles. The molecule has 0 atom stereocenters. The van der Waals surface area contributed by atoms with Gasteiger partial charge in [-0.05, 0) is 43.0 Å². The van der Waals surface area contributed by atoms with Crippen LogP contribution in [0.15, 0.2) is 52.4 Å². The molecule has 1 fully saturated rings. The first-order valence-corrected chi connectivity index (χ1v) is 8.89. The zero-order valence-corrected chi connectivity index (χ0v) is 16.0. The van der Waals surface area contributed by atoms with Crippen LogP contribution < -0.4 is 9.47 Å². The van der Waals surface area contributed by atoms with E-state index >= 15 is 0 Å². The predicted molar refractivity (Wildman–Crippen MR) is 106 cm³/mol. The lowest BCUT2D eigenvalue weighted by atomic mass is 10.1. The first-order valence-electron chi connectivity index (χ1n) is 8.07. The summed E-state index contributed by atoms with van der Waals surface area (Å²) in [5, 5.41) is 0.645. The molecule has 1 saturated heterocycles. The van der Waals surface area contributed by atoms with Crippen LogP contribution >= 0.6 is 11.8 Å². The molecule has 3 rings (SSSR count). The van der Waals surface area contributed by atoms with Crippen LogP contribution in [0.1, 0.15) is 11.1 Å². The number of methoxy groups -OCH3 is 2. The van der Waals surface area contributed by atoms with Gasteiger partial charge in [0.15, 0.2) is 16.7 Å². The van der Waals surface area contributed by atoms with Crippen molar-refractivity contribution >= 4 is 34.6 Å². The number of aliphatic imine (C=N–C) groups is 1. The molecule has 0 N–H and O–H groups in total. The maximum absolute atomic E-state index is 12.6. The zero-order valence-electron chi connectivity index (χ0n) is 15.1. The van der Waals surface area contributed by atoms with Gasteiger partial charge in [0.1, 0.15) is 0 Å². The standard InChI is InChI=1S/C20H20N2O3S/c1-13-8-10-15(11-9-13)21-20-22(2)19(23)17(26-20)12-14-6-5-7-16(24-3)18(14)25-4/h5-12H,1-4H3/b17-12+,21-20?. The summed E-state index contributed by atoms with van der Waals surface area (Å²) in [6, 6.07) is 13.4. The van der Waals surface area contributed by atoms with Gasteiger partial charge in [-0.2, -0.15) is 0 Å². The number of ether oxygens (including phenoxy) is 2. The lowest BCUT2D eigenvalue weighted by molar-refractivity contribution is -0.121. The maximum Gasteiger partial charge on any atom is 0.266 e. The van der Waals surface area contributed by atoms with Crippen molar-refractivity contribution in [3.63, 3.8) is 0 Å². The van der Waals surface area contributed by atoms with E-state index in [1.807, 2.05) is 55.5 Å². The molecule has 1 amide bonds. The summed E-state index contributed by atoms with van der Waals surface area (Å²) >= 11 is 1.34. The Morgan fingerprint density at radius 3 is 2.46 bits per heavy atom. The van der Waals surface area contributed by atoms with E-state index in [-0.39, 0.29) is 5.91 Å². The smallest absolute Gasteiger partial charge is 0.266 e. The van der Waals surface area contributed by atoms with E-state index in [4.69, 9.17) is 9.47 Å². The number of thioether (sulfide) groups is 1. The van der Waals surface area contributed by atoms with E-state index in [1.54, 1.807) is 26.2 Å². The van der Waals surface area contributed by atoms with Gasteiger partial charge in [0.2, 0.25) is 0 Å². The lowest BCUT2D eigenvalue weighted by Gasteiger charge is -2.10. The van der Waals surface area contributed by atoms with Gasteiger partial charge in [0.25, 0.3) is 5.91 Å². The highest BCUT2D eigenvalue weighted by molar-refractivity contribution is 8.18. The Morgan fingerprint density at radius 2 is 1.81 bits per heavy atom. The molecule has 0 aromatic heterocycles. The number of carbonyl (C=O) groups excluding carboxylic acids is 1. The summed E-state index contributed by atoms with van der Waals surface area (Å²) in [4.78, 5) is 19.3. The predicted octanol–water partition coefficient (Wildman–Crippen LogP) is 4.25. The Balaban J connectivity index is 1.94. The summed E-state index contributed by atoms with van der Waals surface area (Å²) in [5.41, 5.74) is 2.77. The first kappa shape index (κ1) is 18.1.